The summed E-state index contributed by atoms with van der Waals surface area (Å²) in [7, 11) is 0. The van der Waals surface area contributed by atoms with Gasteiger partial charge in [0.15, 0.2) is 0 Å². The molecule has 4 nitrogen and oxygen atoms in total. The van der Waals surface area contributed by atoms with Gasteiger partial charge in [-0.25, -0.2) is 0 Å². The Labute approximate surface area is 230 Å². The fourth-order valence-corrected chi connectivity index (χ4v) is 5.78. The fourth-order valence-electron chi connectivity index (χ4n) is 5.78. The molecule has 0 spiro atoms. The first-order chi connectivity index (χ1) is 19.8. The van der Waals surface area contributed by atoms with Crippen LogP contribution in [0.5, 0.6) is 0 Å². The second-order valence-corrected chi connectivity index (χ2v) is 9.99. The first-order valence-corrected chi connectivity index (χ1v) is 13.2. The maximum Gasteiger partial charge on any atom is 0.136 e. The van der Waals surface area contributed by atoms with E-state index in [4.69, 9.17) is 9.68 Å². The van der Waals surface area contributed by atoms with Crippen LogP contribution in [0.2, 0.25) is 0 Å². The standard InChI is InChI=1S/C36H21N3O/c37-21-23-15-16-32(38-22-23)26-9-5-7-24(17-26)25-8-6-10-27(18-25)39-33-13-3-1-11-28(33)30-20-36-31(19-34(30)39)29-12-2-4-14-35(29)40-36/h1-20,22H. The number of benzene rings is 5. The highest BCUT2D eigenvalue weighted by Crippen LogP contribution is 2.38. The minimum Gasteiger partial charge on any atom is -0.456 e. The van der Waals surface area contributed by atoms with Crippen LogP contribution in [0, 0.1) is 11.3 Å². The highest BCUT2D eigenvalue weighted by atomic mass is 16.3. The molecule has 40 heavy (non-hydrogen) atoms. The number of hydrogen-bond donors (Lipinski definition) is 0. The molecule has 0 aliphatic rings. The summed E-state index contributed by atoms with van der Waals surface area (Å²) in [5.41, 5.74) is 9.84. The number of nitriles is 1. The van der Waals surface area contributed by atoms with Gasteiger partial charge < -0.3 is 8.98 Å². The number of para-hydroxylation sites is 2. The van der Waals surface area contributed by atoms with Crippen molar-refractivity contribution in [3.05, 3.63) is 133 Å². The Morgan fingerprint density at radius 2 is 1.35 bits per heavy atom. The van der Waals surface area contributed by atoms with Crippen LogP contribution in [0.4, 0.5) is 0 Å². The van der Waals surface area contributed by atoms with Gasteiger partial charge in [0.1, 0.15) is 17.2 Å². The Morgan fingerprint density at radius 1 is 0.575 bits per heavy atom. The lowest BCUT2D eigenvalue weighted by molar-refractivity contribution is 0.669. The monoisotopic (exact) mass is 511 g/mol. The quantitative estimate of drug-likeness (QED) is 0.237. The third-order valence-corrected chi connectivity index (χ3v) is 7.66. The minimum atomic E-state index is 0.555. The van der Waals surface area contributed by atoms with E-state index >= 15 is 0 Å². The number of furan rings is 1. The molecule has 0 aliphatic carbocycles. The van der Waals surface area contributed by atoms with Gasteiger partial charge in [0, 0.05) is 39.0 Å². The summed E-state index contributed by atoms with van der Waals surface area (Å²) in [5.74, 6) is 0. The molecule has 8 rings (SSSR count). The Balaban J connectivity index is 1.32. The number of rotatable bonds is 3. The Bertz CT molecular complexity index is 2280. The third-order valence-electron chi connectivity index (χ3n) is 7.66. The van der Waals surface area contributed by atoms with Crippen LogP contribution < -0.4 is 0 Å². The molecule has 0 atom stereocenters. The minimum absolute atomic E-state index is 0.555. The van der Waals surface area contributed by atoms with Crippen molar-refractivity contribution in [2.24, 2.45) is 0 Å². The molecular formula is C36H21N3O. The first-order valence-electron chi connectivity index (χ1n) is 13.2. The van der Waals surface area contributed by atoms with Gasteiger partial charge in [0.25, 0.3) is 0 Å². The van der Waals surface area contributed by atoms with Crippen LogP contribution in [-0.4, -0.2) is 9.55 Å². The number of hydrogen-bond acceptors (Lipinski definition) is 3. The van der Waals surface area contributed by atoms with Crippen LogP contribution in [0.15, 0.2) is 132 Å². The average Bonchev–Trinajstić information content (AvgIpc) is 3.55. The molecule has 3 heterocycles. The van der Waals surface area contributed by atoms with Crippen LogP contribution >= 0.6 is 0 Å². The summed E-state index contributed by atoms with van der Waals surface area (Å²) in [6.45, 7) is 0. The van der Waals surface area contributed by atoms with Crippen molar-refractivity contribution in [3.8, 4) is 34.1 Å². The molecule has 0 unspecified atom stereocenters. The zero-order valence-electron chi connectivity index (χ0n) is 21.4. The van der Waals surface area contributed by atoms with Crippen LogP contribution in [0.3, 0.4) is 0 Å². The highest BCUT2D eigenvalue weighted by Gasteiger charge is 2.16. The maximum atomic E-state index is 9.12. The first kappa shape index (κ1) is 22.3. The molecule has 5 aromatic carbocycles. The summed E-state index contributed by atoms with van der Waals surface area (Å²) < 4.78 is 8.58. The summed E-state index contributed by atoms with van der Waals surface area (Å²) in [4.78, 5) is 4.49. The lowest BCUT2D eigenvalue weighted by Crippen LogP contribution is -1.94. The summed E-state index contributed by atoms with van der Waals surface area (Å²) >= 11 is 0. The molecule has 186 valence electrons. The van der Waals surface area contributed by atoms with Gasteiger partial charge in [-0.2, -0.15) is 5.26 Å². The lowest BCUT2D eigenvalue weighted by Gasteiger charge is -2.11. The molecule has 4 heteroatoms. The van der Waals surface area contributed by atoms with Crippen molar-refractivity contribution in [2.45, 2.75) is 0 Å². The molecule has 0 fully saturated rings. The summed E-state index contributed by atoms with van der Waals surface area (Å²) in [5, 5.41) is 13.7. The number of pyridine rings is 1. The Hall–Kier alpha value is -5.66. The number of nitrogens with zero attached hydrogens (tertiary/aromatic N) is 3. The molecule has 0 radical (unpaired) electrons. The average molecular weight is 512 g/mol. The third kappa shape index (κ3) is 3.42. The van der Waals surface area contributed by atoms with Gasteiger partial charge in [-0.05, 0) is 65.7 Å². The molecule has 0 N–H and O–H groups in total. The van der Waals surface area contributed by atoms with Crippen molar-refractivity contribution in [1.82, 2.24) is 9.55 Å². The van der Waals surface area contributed by atoms with Gasteiger partial charge in [-0.15, -0.1) is 0 Å². The largest absolute Gasteiger partial charge is 0.456 e. The lowest BCUT2D eigenvalue weighted by atomic mass is 10.0. The molecule has 0 bridgehead atoms. The topological polar surface area (TPSA) is 54.8 Å². The molecule has 8 aromatic rings. The van der Waals surface area contributed by atoms with E-state index in [-0.39, 0.29) is 0 Å². The second-order valence-electron chi connectivity index (χ2n) is 9.99. The van der Waals surface area contributed by atoms with Crippen molar-refractivity contribution < 1.29 is 4.42 Å². The van der Waals surface area contributed by atoms with Gasteiger partial charge in [0.2, 0.25) is 0 Å². The molecule has 0 saturated carbocycles. The van der Waals surface area contributed by atoms with E-state index in [1.807, 2.05) is 18.2 Å². The van der Waals surface area contributed by atoms with Crippen molar-refractivity contribution >= 4 is 43.7 Å². The van der Waals surface area contributed by atoms with E-state index in [1.165, 1.54) is 10.8 Å². The van der Waals surface area contributed by atoms with Crippen LogP contribution in [0.25, 0.3) is 71.8 Å². The predicted octanol–water partition coefficient (Wildman–Crippen LogP) is 9.28. The van der Waals surface area contributed by atoms with Gasteiger partial charge in [0.05, 0.1) is 22.3 Å². The summed E-state index contributed by atoms with van der Waals surface area (Å²) in [6, 6.07) is 44.1. The van der Waals surface area contributed by atoms with Crippen LogP contribution in [-0.2, 0) is 0 Å². The Morgan fingerprint density at radius 3 is 2.20 bits per heavy atom. The SMILES string of the molecule is N#Cc1ccc(-c2cccc(-c3cccc(-n4c5ccccc5c5cc6oc7ccccc7c6cc54)c3)c2)nc1. The molecule has 0 saturated heterocycles. The van der Waals surface area contributed by atoms with E-state index in [1.54, 1.807) is 12.3 Å². The van der Waals surface area contributed by atoms with Crippen molar-refractivity contribution in [2.75, 3.05) is 0 Å². The number of aromatic nitrogens is 2. The molecule has 0 amide bonds. The zero-order valence-corrected chi connectivity index (χ0v) is 21.4. The molecular weight excluding hydrogens is 490 g/mol. The van der Waals surface area contributed by atoms with Gasteiger partial charge in [-0.3, -0.25) is 4.98 Å². The normalized spacial score (nSPS) is 11.5. The van der Waals surface area contributed by atoms with Gasteiger partial charge in [-0.1, -0.05) is 66.7 Å². The van der Waals surface area contributed by atoms with Crippen molar-refractivity contribution in [3.63, 3.8) is 0 Å². The zero-order chi connectivity index (χ0) is 26.6. The molecule has 3 aromatic heterocycles. The van der Waals surface area contributed by atoms with E-state index in [0.717, 1.165) is 61.0 Å². The molecule has 0 aliphatic heterocycles. The Kier molecular flexibility index (Phi) is 4.85. The van der Waals surface area contributed by atoms with E-state index in [9.17, 15) is 0 Å². The fraction of sp³-hybridized carbons (Fsp3) is 0. The maximum absolute atomic E-state index is 9.12. The van der Waals surface area contributed by atoms with E-state index in [2.05, 4.69) is 113 Å². The van der Waals surface area contributed by atoms with Crippen molar-refractivity contribution in [1.29, 1.82) is 5.26 Å². The van der Waals surface area contributed by atoms with Gasteiger partial charge >= 0.3 is 0 Å². The van der Waals surface area contributed by atoms with Crippen LogP contribution in [0.1, 0.15) is 5.56 Å². The summed E-state index contributed by atoms with van der Waals surface area (Å²) in [6.07, 6.45) is 1.62. The smallest absolute Gasteiger partial charge is 0.136 e. The van der Waals surface area contributed by atoms with E-state index < -0.39 is 0 Å². The second kappa shape index (κ2) is 8.69. The predicted molar refractivity (Wildman–Crippen MR) is 161 cm³/mol. The number of fused-ring (bicyclic) bond motifs is 6. The van der Waals surface area contributed by atoms with E-state index in [0.29, 0.717) is 5.56 Å². The highest BCUT2D eigenvalue weighted by molar-refractivity contribution is 6.17.